The third kappa shape index (κ3) is 3.43. The van der Waals surface area contributed by atoms with E-state index in [0.29, 0.717) is 17.5 Å². The average molecular weight is 309 g/mol. The van der Waals surface area contributed by atoms with E-state index >= 15 is 0 Å². The van der Waals surface area contributed by atoms with E-state index in [1.165, 1.54) is 12.1 Å². The predicted molar refractivity (Wildman–Crippen MR) is 87.6 cm³/mol. The normalized spacial score (nSPS) is 9.83. The van der Waals surface area contributed by atoms with Crippen LogP contribution in [-0.2, 0) is 6.42 Å². The van der Waals surface area contributed by atoms with Crippen molar-refractivity contribution in [3.8, 4) is 6.07 Å². The van der Waals surface area contributed by atoms with E-state index < -0.39 is 5.82 Å². The lowest BCUT2D eigenvalue weighted by molar-refractivity contribution is 0.623. The van der Waals surface area contributed by atoms with Crippen LogP contribution < -0.4 is 5.56 Å². The number of hydrogen-bond acceptors (Lipinski definition) is 3. The van der Waals surface area contributed by atoms with Crippen LogP contribution in [0.3, 0.4) is 0 Å². The summed E-state index contributed by atoms with van der Waals surface area (Å²) in [6, 6.07) is 13.4. The minimum atomic E-state index is -0.541. The van der Waals surface area contributed by atoms with Gasteiger partial charge in [0.15, 0.2) is 0 Å². The molecule has 4 nitrogen and oxygen atoms in total. The zero-order valence-electron chi connectivity index (χ0n) is 12.9. The Kier molecular flexibility index (Phi) is 5.21. The van der Waals surface area contributed by atoms with Crippen LogP contribution >= 0.6 is 0 Å². The molecule has 5 heteroatoms. The first-order valence-electron chi connectivity index (χ1n) is 7.34. The van der Waals surface area contributed by atoms with Gasteiger partial charge in [0.05, 0.1) is 16.6 Å². The first kappa shape index (κ1) is 16.4. The summed E-state index contributed by atoms with van der Waals surface area (Å²) in [4.78, 5) is 11.7. The van der Waals surface area contributed by atoms with Crippen LogP contribution in [0.25, 0.3) is 10.8 Å². The number of nitrogens with zero attached hydrogens (tertiary/aromatic N) is 2. The summed E-state index contributed by atoms with van der Waals surface area (Å²) in [7, 11) is 0. The molecule has 0 saturated heterocycles. The number of aromatic nitrogens is 2. The van der Waals surface area contributed by atoms with Crippen molar-refractivity contribution in [2.75, 3.05) is 0 Å². The van der Waals surface area contributed by atoms with Crippen LogP contribution in [-0.4, -0.2) is 10.2 Å². The summed E-state index contributed by atoms with van der Waals surface area (Å²) in [5.41, 5.74) is 1.20. The average Bonchev–Trinajstić information content (AvgIpc) is 2.61. The first-order valence-corrected chi connectivity index (χ1v) is 7.34. The highest BCUT2D eigenvalue weighted by molar-refractivity contribution is 5.83. The van der Waals surface area contributed by atoms with Gasteiger partial charge in [-0.25, -0.2) is 9.49 Å². The minimum absolute atomic E-state index is 0.00114. The van der Waals surface area contributed by atoms with Crippen LogP contribution in [0.5, 0.6) is 0 Å². The quantitative estimate of drug-likeness (QED) is 0.787. The van der Waals surface area contributed by atoms with Gasteiger partial charge in [0.25, 0.3) is 5.56 Å². The number of fused-ring (bicyclic) bond motifs is 1. The van der Waals surface area contributed by atoms with Gasteiger partial charge in [-0.2, -0.15) is 10.4 Å². The molecular formula is C18H16FN3O. The highest BCUT2D eigenvalue weighted by atomic mass is 19.1. The summed E-state index contributed by atoms with van der Waals surface area (Å²) in [5.74, 6) is -0.541. The summed E-state index contributed by atoms with van der Waals surface area (Å²) in [6.07, 6.45) is 0.409. The molecule has 0 aliphatic rings. The Labute approximate surface area is 133 Å². The van der Waals surface area contributed by atoms with Gasteiger partial charge in [-0.15, -0.1) is 0 Å². The molecule has 23 heavy (non-hydrogen) atoms. The molecular weight excluding hydrogens is 293 g/mol. The Bertz CT molecular complexity index is 925. The topological polar surface area (TPSA) is 69.5 Å². The first-order chi connectivity index (χ1) is 11.2. The molecule has 2 aromatic carbocycles. The summed E-state index contributed by atoms with van der Waals surface area (Å²) >= 11 is 0. The van der Waals surface area contributed by atoms with Crippen molar-refractivity contribution in [1.82, 2.24) is 10.2 Å². The molecule has 0 spiro atoms. The molecule has 3 rings (SSSR count). The molecule has 116 valence electrons. The van der Waals surface area contributed by atoms with Crippen LogP contribution in [0.2, 0.25) is 0 Å². The number of nitriles is 1. The molecule has 0 aliphatic heterocycles. The van der Waals surface area contributed by atoms with Crippen molar-refractivity contribution >= 4 is 10.8 Å². The van der Waals surface area contributed by atoms with E-state index in [0.717, 1.165) is 10.9 Å². The van der Waals surface area contributed by atoms with Gasteiger partial charge >= 0.3 is 0 Å². The zero-order chi connectivity index (χ0) is 16.8. The molecule has 0 bridgehead atoms. The van der Waals surface area contributed by atoms with Crippen molar-refractivity contribution < 1.29 is 4.39 Å². The van der Waals surface area contributed by atoms with Crippen LogP contribution in [0.1, 0.15) is 30.7 Å². The Balaban J connectivity index is 0.000000924. The number of halogens is 1. The summed E-state index contributed by atoms with van der Waals surface area (Å²) in [5, 5.41) is 16.7. The molecule has 0 aliphatic carbocycles. The van der Waals surface area contributed by atoms with E-state index in [1.54, 1.807) is 18.2 Å². The molecule has 0 amide bonds. The predicted octanol–water partition coefficient (Wildman–Crippen LogP) is 3.55. The SMILES string of the molecule is CC.N#Cc1cc(Cc2n[nH]c(=O)c3ccccc23)ccc1F. The van der Waals surface area contributed by atoms with Gasteiger partial charge in [-0.1, -0.05) is 38.1 Å². The molecule has 0 atom stereocenters. The fourth-order valence-electron chi connectivity index (χ4n) is 2.27. The van der Waals surface area contributed by atoms with E-state index in [4.69, 9.17) is 5.26 Å². The van der Waals surface area contributed by atoms with Gasteiger partial charge in [0.1, 0.15) is 11.9 Å². The summed E-state index contributed by atoms with van der Waals surface area (Å²) < 4.78 is 13.3. The number of H-pyrrole nitrogens is 1. The lowest BCUT2D eigenvalue weighted by Gasteiger charge is -2.05. The van der Waals surface area contributed by atoms with Gasteiger partial charge in [-0.05, 0) is 23.8 Å². The highest BCUT2D eigenvalue weighted by Crippen LogP contribution is 2.17. The fourth-order valence-corrected chi connectivity index (χ4v) is 2.27. The van der Waals surface area contributed by atoms with Crippen molar-refractivity contribution in [3.05, 3.63) is 75.5 Å². The maximum absolute atomic E-state index is 13.3. The van der Waals surface area contributed by atoms with E-state index in [1.807, 2.05) is 32.0 Å². The molecule has 0 saturated carbocycles. The van der Waals surface area contributed by atoms with Crippen molar-refractivity contribution in [1.29, 1.82) is 5.26 Å². The molecule has 3 aromatic rings. The van der Waals surface area contributed by atoms with E-state index in [-0.39, 0.29) is 11.1 Å². The highest BCUT2D eigenvalue weighted by Gasteiger charge is 2.08. The van der Waals surface area contributed by atoms with Crippen LogP contribution in [0.4, 0.5) is 4.39 Å². The number of nitrogens with one attached hydrogen (secondary N) is 1. The summed E-state index contributed by atoms with van der Waals surface area (Å²) in [6.45, 7) is 4.00. The number of benzene rings is 2. The van der Waals surface area contributed by atoms with E-state index in [9.17, 15) is 9.18 Å². The Morgan fingerprint density at radius 3 is 2.57 bits per heavy atom. The maximum Gasteiger partial charge on any atom is 0.272 e. The monoisotopic (exact) mass is 309 g/mol. The maximum atomic E-state index is 13.3. The van der Waals surface area contributed by atoms with Gasteiger partial charge in [0.2, 0.25) is 0 Å². The van der Waals surface area contributed by atoms with Gasteiger partial charge in [0, 0.05) is 11.8 Å². The number of aromatic amines is 1. The van der Waals surface area contributed by atoms with E-state index in [2.05, 4.69) is 10.2 Å². The zero-order valence-corrected chi connectivity index (χ0v) is 12.9. The van der Waals surface area contributed by atoms with Crippen LogP contribution in [0, 0.1) is 17.1 Å². The lowest BCUT2D eigenvalue weighted by Crippen LogP contribution is -2.11. The minimum Gasteiger partial charge on any atom is -0.267 e. The Morgan fingerprint density at radius 2 is 1.87 bits per heavy atom. The second-order valence-corrected chi connectivity index (χ2v) is 4.65. The second-order valence-electron chi connectivity index (χ2n) is 4.65. The van der Waals surface area contributed by atoms with Crippen molar-refractivity contribution in [2.24, 2.45) is 0 Å². The Hall–Kier alpha value is -3.00. The fraction of sp³-hybridized carbons (Fsp3) is 0.167. The number of hydrogen-bond donors (Lipinski definition) is 1. The molecule has 0 fully saturated rings. The largest absolute Gasteiger partial charge is 0.272 e. The smallest absolute Gasteiger partial charge is 0.267 e. The molecule has 0 unspecified atom stereocenters. The third-order valence-corrected chi connectivity index (χ3v) is 3.30. The number of rotatable bonds is 2. The van der Waals surface area contributed by atoms with Gasteiger partial charge in [-0.3, -0.25) is 4.79 Å². The molecule has 0 radical (unpaired) electrons. The second kappa shape index (κ2) is 7.32. The standard InChI is InChI=1S/C16H10FN3O.C2H6/c17-14-6-5-10(7-11(14)9-18)8-15-12-3-1-2-4-13(12)16(21)20-19-15;1-2/h1-7H,8H2,(H,20,21);1-2H3. The van der Waals surface area contributed by atoms with Crippen LogP contribution in [0.15, 0.2) is 47.3 Å². The third-order valence-electron chi connectivity index (χ3n) is 3.30. The Morgan fingerprint density at radius 1 is 1.17 bits per heavy atom. The molecule has 1 aromatic heterocycles. The van der Waals surface area contributed by atoms with Crippen molar-refractivity contribution in [3.63, 3.8) is 0 Å². The lowest BCUT2D eigenvalue weighted by atomic mass is 10.0. The van der Waals surface area contributed by atoms with Crippen molar-refractivity contribution in [2.45, 2.75) is 20.3 Å². The van der Waals surface area contributed by atoms with Gasteiger partial charge < -0.3 is 0 Å². The molecule has 1 N–H and O–H groups in total. The molecule has 1 heterocycles.